The second-order valence-corrected chi connectivity index (χ2v) is 6.73. The number of nitrogens with zero attached hydrogens (tertiary/aromatic N) is 4. The summed E-state index contributed by atoms with van der Waals surface area (Å²) in [6.07, 6.45) is 9.19. The fourth-order valence-corrected chi connectivity index (χ4v) is 3.23. The summed E-state index contributed by atoms with van der Waals surface area (Å²) in [5, 5.41) is 11.1. The zero-order valence-electron chi connectivity index (χ0n) is 15.1. The molecule has 1 aliphatic rings. The third-order valence-corrected chi connectivity index (χ3v) is 4.86. The molecule has 136 valence electrons. The van der Waals surface area contributed by atoms with Gasteiger partial charge in [0.25, 0.3) is 0 Å². The Kier molecular flexibility index (Phi) is 6.09. The molecular weight excluding hydrogens is 316 g/mol. The summed E-state index contributed by atoms with van der Waals surface area (Å²) >= 11 is 0. The van der Waals surface area contributed by atoms with Crippen molar-refractivity contribution < 1.29 is 4.42 Å². The number of guanidine groups is 1. The van der Waals surface area contributed by atoms with Gasteiger partial charge >= 0.3 is 0 Å². The lowest BCUT2D eigenvalue weighted by Crippen LogP contribution is -2.47. The van der Waals surface area contributed by atoms with E-state index in [1.165, 1.54) is 25.7 Å². The first-order valence-electron chi connectivity index (χ1n) is 9.12. The summed E-state index contributed by atoms with van der Waals surface area (Å²) in [4.78, 5) is 8.96. The minimum atomic E-state index is 0.475. The van der Waals surface area contributed by atoms with Crippen LogP contribution in [0.2, 0.25) is 0 Å². The van der Waals surface area contributed by atoms with Crippen molar-refractivity contribution in [3.05, 3.63) is 36.3 Å². The first-order valence-corrected chi connectivity index (χ1v) is 9.12. The predicted octanol–water partition coefficient (Wildman–Crippen LogP) is 2.26. The van der Waals surface area contributed by atoms with Crippen LogP contribution in [-0.4, -0.2) is 33.3 Å². The van der Waals surface area contributed by atoms with Gasteiger partial charge in [0.15, 0.2) is 5.96 Å². The molecule has 1 saturated carbocycles. The van der Waals surface area contributed by atoms with Gasteiger partial charge in [-0.3, -0.25) is 4.68 Å². The van der Waals surface area contributed by atoms with E-state index in [9.17, 15) is 0 Å². The van der Waals surface area contributed by atoms with Gasteiger partial charge in [-0.05, 0) is 30.9 Å². The lowest BCUT2D eigenvalue weighted by Gasteiger charge is -2.31. The molecule has 2 N–H and O–H groups in total. The number of furan rings is 1. The average molecular weight is 344 g/mol. The molecule has 0 saturated heterocycles. The van der Waals surface area contributed by atoms with Gasteiger partial charge < -0.3 is 15.1 Å². The molecule has 7 nitrogen and oxygen atoms in total. The molecule has 0 aliphatic heterocycles. The molecule has 7 heteroatoms. The van der Waals surface area contributed by atoms with Gasteiger partial charge in [-0.2, -0.15) is 5.10 Å². The molecule has 0 amide bonds. The summed E-state index contributed by atoms with van der Waals surface area (Å²) in [6, 6.07) is 4.39. The monoisotopic (exact) mass is 344 g/mol. The first-order chi connectivity index (χ1) is 12.2. The third kappa shape index (κ3) is 5.08. The first kappa shape index (κ1) is 17.5. The van der Waals surface area contributed by atoms with E-state index in [2.05, 4.69) is 27.6 Å². The van der Waals surface area contributed by atoms with Gasteiger partial charge in [0.05, 0.1) is 6.26 Å². The Labute approximate surface area is 148 Å². The summed E-state index contributed by atoms with van der Waals surface area (Å²) in [5.74, 6) is 3.34. The third-order valence-electron chi connectivity index (χ3n) is 4.86. The second kappa shape index (κ2) is 8.69. The van der Waals surface area contributed by atoms with Crippen molar-refractivity contribution in [2.75, 3.05) is 6.54 Å². The van der Waals surface area contributed by atoms with Gasteiger partial charge in [-0.25, -0.2) is 9.98 Å². The van der Waals surface area contributed by atoms with Crippen LogP contribution >= 0.6 is 0 Å². The minimum absolute atomic E-state index is 0.475. The van der Waals surface area contributed by atoms with Gasteiger partial charge in [-0.15, -0.1) is 0 Å². The zero-order chi connectivity index (χ0) is 17.5. The maximum absolute atomic E-state index is 5.40. The van der Waals surface area contributed by atoms with Crippen LogP contribution in [0, 0.1) is 5.92 Å². The smallest absolute Gasteiger partial charge is 0.191 e. The molecule has 2 aromatic heterocycles. The van der Waals surface area contributed by atoms with Gasteiger partial charge in [0, 0.05) is 26.1 Å². The Balaban J connectivity index is 1.60. The van der Waals surface area contributed by atoms with E-state index in [1.807, 2.05) is 19.2 Å². The Morgan fingerprint density at radius 1 is 1.40 bits per heavy atom. The van der Waals surface area contributed by atoms with Crippen molar-refractivity contribution in [1.29, 1.82) is 0 Å². The molecule has 1 aliphatic carbocycles. The van der Waals surface area contributed by atoms with Crippen LogP contribution in [0.5, 0.6) is 0 Å². The standard InChI is InChI=1S/C18H28N6O/c1-14-6-3-4-8-16(14)23-18(19-10-9-15-7-5-11-25-15)20-12-17-21-13-22-24(17)2/h5,7,11,13-14,16H,3-4,6,8-10,12H2,1-2H3,(H2,19,20,23). The fraction of sp³-hybridized carbons (Fsp3) is 0.611. The van der Waals surface area contributed by atoms with E-state index in [-0.39, 0.29) is 0 Å². The Hall–Kier alpha value is -2.31. The van der Waals surface area contributed by atoms with Gasteiger partial charge in [0.2, 0.25) is 0 Å². The van der Waals surface area contributed by atoms with Crippen LogP contribution in [0.4, 0.5) is 0 Å². The van der Waals surface area contributed by atoms with E-state index in [4.69, 9.17) is 9.41 Å². The maximum Gasteiger partial charge on any atom is 0.191 e. The van der Waals surface area contributed by atoms with Crippen molar-refractivity contribution >= 4 is 5.96 Å². The van der Waals surface area contributed by atoms with Crippen molar-refractivity contribution in [3.8, 4) is 0 Å². The zero-order valence-corrected chi connectivity index (χ0v) is 15.1. The Morgan fingerprint density at radius 3 is 3.00 bits per heavy atom. The normalized spacial score (nSPS) is 21.3. The van der Waals surface area contributed by atoms with E-state index in [0.29, 0.717) is 18.5 Å². The number of hydrogen-bond acceptors (Lipinski definition) is 4. The van der Waals surface area contributed by atoms with Crippen molar-refractivity contribution in [3.63, 3.8) is 0 Å². The van der Waals surface area contributed by atoms with Crippen LogP contribution in [0.1, 0.15) is 44.2 Å². The molecule has 0 bridgehead atoms. The molecule has 2 unspecified atom stereocenters. The molecular formula is C18H28N6O. The highest BCUT2D eigenvalue weighted by Gasteiger charge is 2.22. The molecule has 0 radical (unpaired) electrons. The number of hydrogen-bond donors (Lipinski definition) is 2. The highest BCUT2D eigenvalue weighted by molar-refractivity contribution is 5.80. The minimum Gasteiger partial charge on any atom is -0.469 e. The van der Waals surface area contributed by atoms with Crippen LogP contribution in [-0.2, 0) is 20.0 Å². The summed E-state index contributed by atoms with van der Waals surface area (Å²) in [6.45, 7) is 3.60. The van der Waals surface area contributed by atoms with Crippen LogP contribution in [0.25, 0.3) is 0 Å². The number of aromatic nitrogens is 3. The van der Waals surface area contributed by atoms with E-state index < -0.39 is 0 Å². The summed E-state index contributed by atoms with van der Waals surface area (Å²) in [5.41, 5.74) is 0. The molecule has 2 heterocycles. The number of nitrogens with one attached hydrogen (secondary N) is 2. The number of rotatable bonds is 6. The predicted molar refractivity (Wildman–Crippen MR) is 97.1 cm³/mol. The molecule has 0 aromatic carbocycles. The Morgan fingerprint density at radius 2 is 2.28 bits per heavy atom. The molecule has 25 heavy (non-hydrogen) atoms. The lowest BCUT2D eigenvalue weighted by molar-refractivity contribution is 0.306. The highest BCUT2D eigenvalue weighted by Crippen LogP contribution is 2.23. The molecule has 0 spiro atoms. The van der Waals surface area contributed by atoms with Crippen molar-refractivity contribution in [1.82, 2.24) is 25.4 Å². The van der Waals surface area contributed by atoms with Crippen LogP contribution < -0.4 is 10.6 Å². The van der Waals surface area contributed by atoms with Crippen LogP contribution in [0.15, 0.2) is 34.1 Å². The SMILES string of the molecule is CC1CCCCC1NC(=NCc1ncnn1C)NCCc1ccco1. The van der Waals surface area contributed by atoms with Gasteiger partial charge in [-0.1, -0.05) is 19.8 Å². The molecule has 2 aromatic rings. The Bertz CT molecular complexity index is 663. The second-order valence-electron chi connectivity index (χ2n) is 6.73. The molecule has 2 atom stereocenters. The fourth-order valence-electron chi connectivity index (χ4n) is 3.23. The van der Waals surface area contributed by atoms with Crippen LogP contribution in [0.3, 0.4) is 0 Å². The van der Waals surface area contributed by atoms with E-state index in [0.717, 1.165) is 30.5 Å². The van der Waals surface area contributed by atoms with E-state index >= 15 is 0 Å². The highest BCUT2D eigenvalue weighted by atomic mass is 16.3. The summed E-state index contributed by atoms with van der Waals surface area (Å²) < 4.78 is 7.15. The molecule has 3 rings (SSSR count). The van der Waals surface area contributed by atoms with Gasteiger partial charge in [0.1, 0.15) is 24.5 Å². The quantitative estimate of drug-likeness (QED) is 0.621. The molecule has 1 fully saturated rings. The van der Waals surface area contributed by atoms with Crippen molar-refractivity contribution in [2.45, 2.75) is 51.6 Å². The van der Waals surface area contributed by atoms with Crippen molar-refractivity contribution in [2.24, 2.45) is 18.0 Å². The van der Waals surface area contributed by atoms with E-state index in [1.54, 1.807) is 17.3 Å². The lowest BCUT2D eigenvalue weighted by atomic mass is 9.86. The largest absolute Gasteiger partial charge is 0.469 e. The number of aryl methyl sites for hydroxylation is 1. The summed E-state index contributed by atoms with van der Waals surface area (Å²) in [7, 11) is 1.89. The maximum atomic E-state index is 5.40. The number of aliphatic imine (C=N–C) groups is 1. The average Bonchev–Trinajstić information content (AvgIpc) is 3.26. The topological polar surface area (TPSA) is 80.3 Å².